The van der Waals surface area contributed by atoms with Crippen LogP contribution in [0.5, 0.6) is 0 Å². The molecule has 1 atom stereocenters. The van der Waals surface area contributed by atoms with Gasteiger partial charge in [0.1, 0.15) is 6.08 Å². The number of rotatable bonds is 1. The smallest absolute Gasteiger partial charge is 0.268 e. The van der Waals surface area contributed by atoms with Crippen LogP contribution >= 0.6 is 0 Å². The van der Waals surface area contributed by atoms with Gasteiger partial charge in [0.25, 0.3) is 0 Å². The van der Waals surface area contributed by atoms with Gasteiger partial charge in [0.2, 0.25) is 0 Å². The summed E-state index contributed by atoms with van der Waals surface area (Å²) in [7, 11) is 1.90. The molecule has 0 spiro atoms. The average Bonchev–Trinajstić information content (AvgIpc) is 2.71. The fourth-order valence-corrected chi connectivity index (χ4v) is 2.02. The van der Waals surface area contributed by atoms with E-state index < -0.39 is 0 Å². The first-order valence-corrected chi connectivity index (χ1v) is 5.34. The average molecular weight is 224 g/mol. The quantitative estimate of drug-likeness (QED) is 0.692. The first-order valence-electron chi connectivity index (χ1n) is 5.34. The maximum atomic E-state index is 11.6. The molecule has 0 saturated heterocycles. The van der Waals surface area contributed by atoms with Crippen molar-refractivity contribution in [2.24, 2.45) is 12.0 Å². The summed E-state index contributed by atoms with van der Waals surface area (Å²) < 4.78 is 1.81. The van der Waals surface area contributed by atoms with Crippen molar-refractivity contribution in [1.29, 1.82) is 0 Å². The molecule has 3 rings (SSSR count). The predicted molar refractivity (Wildman–Crippen MR) is 65.0 cm³/mol. The van der Waals surface area contributed by atoms with Crippen LogP contribution in [0.15, 0.2) is 41.5 Å². The molecule has 0 radical (unpaired) electrons. The number of amides is 1. The molecule has 1 aromatic heterocycles. The highest BCUT2D eigenvalue weighted by atomic mass is 16.1. The highest BCUT2D eigenvalue weighted by Gasteiger charge is 2.27. The lowest BCUT2D eigenvalue weighted by Crippen LogP contribution is -2.10. The highest BCUT2D eigenvalue weighted by molar-refractivity contribution is 5.98. The van der Waals surface area contributed by atoms with Gasteiger partial charge in [-0.05, 0) is 22.7 Å². The lowest BCUT2D eigenvalue weighted by molar-refractivity contribution is -0.118. The zero-order chi connectivity index (χ0) is 11.8. The van der Waals surface area contributed by atoms with E-state index in [1.54, 1.807) is 12.3 Å². The Bertz CT molecular complexity index is 652. The Morgan fingerprint density at radius 3 is 3.12 bits per heavy atom. The molecule has 0 saturated carbocycles. The first kappa shape index (κ1) is 9.87. The summed E-state index contributed by atoms with van der Waals surface area (Å²) in [5.41, 5.74) is 1.99. The third-order valence-corrected chi connectivity index (χ3v) is 2.93. The van der Waals surface area contributed by atoms with Crippen LogP contribution in [0.2, 0.25) is 0 Å². The lowest BCUT2D eigenvalue weighted by Gasteiger charge is -2.04. The molecule has 0 N–H and O–H groups in total. The molecule has 1 aliphatic heterocycles. The van der Waals surface area contributed by atoms with Crippen LogP contribution in [0.25, 0.3) is 10.9 Å². The predicted octanol–water partition coefficient (Wildman–Crippen LogP) is 1.70. The molecule has 1 aromatic carbocycles. The summed E-state index contributed by atoms with van der Waals surface area (Å²) in [6.45, 7) is 0. The number of carbonyl (C=O) groups is 1. The van der Waals surface area contributed by atoms with Gasteiger partial charge in [-0.15, -0.1) is 0 Å². The van der Waals surface area contributed by atoms with E-state index in [9.17, 15) is 4.79 Å². The van der Waals surface area contributed by atoms with Gasteiger partial charge in [-0.2, -0.15) is 9.89 Å². The molecule has 2 aromatic rings. The zero-order valence-electron chi connectivity index (χ0n) is 9.29. The molecule has 1 unspecified atom stereocenters. The Morgan fingerprint density at radius 2 is 2.29 bits per heavy atom. The summed E-state index contributed by atoms with van der Waals surface area (Å²) in [5, 5.41) is 5.21. The van der Waals surface area contributed by atoms with Gasteiger partial charge in [0.05, 0.1) is 11.7 Å². The van der Waals surface area contributed by atoms with Crippen molar-refractivity contribution >= 4 is 23.0 Å². The molecule has 4 nitrogen and oxygen atoms in total. The fraction of sp³-hybridized carbons (Fsp3) is 0.154. The van der Waals surface area contributed by atoms with Crippen LogP contribution in [-0.2, 0) is 11.8 Å². The fourth-order valence-electron chi connectivity index (χ4n) is 2.02. The van der Waals surface area contributed by atoms with Gasteiger partial charge >= 0.3 is 5.91 Å². The van der Waals surface area contributed by atoms with Gasteiger partial charge in [-0.1, -0.05) is 6.07 Å². The van der Waals surface area contributed by atoms with Crippen molar-refractivity contribution in [1.82, 2.24) is 9.78 Å². The zero-order valence-corrected chi connectivity index (χ0v) is 9.29. The number of aromatic nitrogens is 2. The van der Waals surface area contributed by atoms with E-state index in [0.717, 1.165) is 16.5 Å². The van der Waals surface area contributed by atoms with Gasteiger partial charge in [0, 0.05) is 18.5 Å². The topological polar surface area (TPSA) is 47.2 Å². The molecular formula is C13H10N3O+. The normalized spacial score (nSPS) is 18.6. The molecule has 2 heterocycles. The third-order valence-electron chi connectivity index (χ3n) is 2.93. The van der Waals surface area contributed by atoms with Gasteiger partial charge < -0.3 is 0 Å². The standard InChI is InChI=1S/C13H10N3O/c1-16-12-5-4-9(7-10(12)8-15-16)11-3-2-6-14-13(11)17/h2-5,7-8,11H,1H3/q+1. The SMILES string of the molecule is Cn1ncc2cc(C3C=C[C+]=NC3=O)ccc21. The number of fused-ring (bicyclic) bond motifs is 1. The van der Waals surface area contributed by atoms with Gasteiger partial charge in [-0.3, -0.25) is 4.68 Å². The number of carbonyl (C=O) groups excluding carboxylic acids is 1. The molecule has 0 fully saturated rings. The van der Waals surface area contributed by atoms with Crippen LogP contribution in [0.4, 0.5) is 0 Å². The first-order chi connectivity index (χ1) is 8.25. The number of aliphatic imine (C=N–C) groups is 1. The maximum absolute atomic E-state index is 11.6. The number of dihydropyridines is 1. The van der Waals surface area contributed by atoms with Crippen LogP contribution < -0.4 is 0 Å². The van der Waals surface area contributed by atoms with Crippen molar-refractivity contribution in [3.05, 3.63) is 42.1 Å². The summed E-state index contributed by atoms with van der Waals surface area (Å²) >= 11 is 0. The van der Waals surface area contributed by atoms with E-state index in [1.165, 1.54) is 0 Å². The molecule has 0 aliphatic carbocycles. The van der Waals surface area contributed by atoms with Crippen molar-refractivity contribution < 1.29 is 4.79 Å². The van der Waals surface area contributed by atoms with E-state index in [4.69, 9.17) is 0 Å². The van der Waals surface area contributed by atoms with Crippen LogP contribution in [0, 0.1) is 0 Å². The molecule has 4 heteroatoms. The molecule has 1 aliphatic rings. The summed E-state index contributed by atoms with van der Waals surface area (Å²) in [6.07, 6.45) is 7.84. The Balaban J connectivity index is 2.09. The summed E-state index contributed by atoms with van der Waals surface area (Å²) in [4.78, 5) is 15.3. The Morgan fingerprint density at radius 1 is 1.41 bits per heavy atom. The van der Waals surface area contributed by atoms with Crippen molar-refractivity contribution in [3.63, 3.8) is 0 Å². The van der Waals surface area contributed by atoms with Crippen molar-refractivity contribution in [2.45, 2.75) is 5.92 Å². The van der Waals surface area contributed by atoms with Gasteiger partial charge in [0.15, 0.2) is 12.1 Å². The van der Waals surface area contributed by atoms with Crippen LogP contribution in [0.1, 0.15) is 11.5 Å². The minimum absolute atomic E-state index is 0.171. The number of nitrogens with zero attached hydrogens (tertiary/aromatic N) is 3. The van der Waals surface area contributed by atoms with Crippen molar-refractivity contribution in [2.75, 3.05) is 0 Å². The maximum Gasteiger partial charge on any atom is 0.373 e. The van der Waals surface area contributed by atoms with Crippen LogP contribution in [0.3, 0.4) is 0 Å². The molecule has 1 amide bonds. The number of aryl methyl sites for hydroxylation is 1. The third kappa shape index (κ3) is 1.55. The van der Waals surface area contributed by atoms with Crippen molar-refractivity contribution in [3.8, 4) is 0 Å². The second-order valence-electron chi connectivity index (χ2n) is 4.00. The van der Waals surface area contributed by atoms with Gasteiger partial charge in [-0.25, -0.2) is 0 Å². The summed E-state index contributed by atoms with van der Waals surface area (Å²) in [6, 6.07) is 5.90. The Kier molecular flexibility index (Phi) is 2.10. The molecule has 17 heavy (non-hydrogen) atoms. The van der Waals surface area contributed by atoms with Crippen LogP contribution in [-0.4, -0.2) is 21.9 Å². The largest absolute Gasteiger partial charge is 0.373 e. The summed E-state index contributed by atoms with van der Waals surface area (Å²) in [5.74, 6) is -0.461. The van der Waals surface area contributed by atoms with E-state index in [2.05, 4.69) is 16.3 Å². The van der Waals surface area contributed by atoms with E-state index in [-0.39, 0.29) is 11.8 Å². The lowest BCUT2D eigenvalue weighted by atomic mass is 9.96. The minimum Gasteiger partial charge on any atom is -0.268 e. The minimum atomic E-state index is -0.291. The Hall–Kier alpha value is -2.32. The monoisotopic (exact) mass is 224 g/mol. The highest BCUT2D eigenvalue weighted by Crippen LogP contribution is 2.24. The van der Waals surface area contributed by atoms with E-state index >= 15 is 0 Å². The molecule has 82 valence electrons. The molecular weight excluding hydrogens is 214 g/mol. The second-order valence-corrected chi connectivity index (χ2v) is 4.00. The number of allylic oxidation sites excluding steroid dienone is 1. The van der Waals surface area contributed by atoms with E-state index in [0.29, 0.717) is 0 Å². The number of benzene rings is 1. The number of hydrogen-bond donors (Lipinski definition) is 0. The molecule has 0 bridgehead atoms. The van der Waals surface area contributed by atoms with E-state index in [1.807, 2.05) is 36.0 Å². The second kappa shape index (κ2) is 3.61. The number of hydrogen-bond acceptors (Lipinski definition) is 2. The Labute approximate surface area is 98.3 Å².